The maximum absolute atomic E-state index is 10.4. The lowest BCUT2D eigenvalue weighted by atomic mass is 9.82. The van der Waals surface area contributed by atoms with Gasteiger partial charge < -0.3 is 14.6 Å². The Balaban J connectivity index is 2.52. The largest absolute Gasteiger partial charge is 0.387 e. The Bertz CT molecular complexity index is 205. The second-order valence-corrected chi connectivity index (χ2v) is 5.16. The second kappa shape index (κ2) is 4.81. The van der Waals surface area contributed by atoms with Gasteiger partial charge in [0.05, 0.1) is 30.5 Å². The van der Waals surface area contributed by atoms with Gasteiger partial charge >= 0.3 is 0 Å². The predicted octanol–water partition coefficient (Wildman–Crippen LogP) is 2.12. The molecule has 3 nitrogen and oxygen atoms in total. The number of hydrogen-bond donors (Lipinski definition) is 1. The third-order valence-electron chi connectivity index (χ3n) is 3.15. The van der Waals surface area contributed by atoms with Crippen molar-refractivity contribution in [3.05, 3.63) is 0 Å². The highest BCUT2D eigenvalue weighted by molar-refractivity contribution is 4.92. The fraction of sp³-hybridized carbons (Fsp3) is 1.00. The first-order valence-electron chi connectivity index (χ1n) is 5.87. The quantitative estimate of drug-likeness (QED) is 0.782. The van der Waals surface area contributed by atoms with Crippen LogP contribution in [0.1, 0.15) is 47.0 Å². The summed E-state index contributed by atoms with van der Waals surface area (Å²) in [6.45, 7) is 9.18. The van der Waals surface area contributed by atoms with Gasteiger partial charge in [-0.15, -0.1) is 0 Å². The van der Waals surface area contributed by atoms with Crippen LogP contribution in [0.5, 0.6) is 0 Å². The van der Waals surface area contributed by atoms with E-state index in [1.165, 1.54) is 0 Å². The molecule has 0 aliphatic carbocycles. The van der Waals surface area contributed by atoms with Crippen LogP contribution < -0.4 is 0 Å². The summed E-state index contributed by atoms with van der Waals surface area (Å²) in [6.07, 6.45) is 2.44. The highest BCUT2D eigenvalue weighted by Crippen LogP contribution is 2.34. The molecule has 1 N–H and O–H groups in total. The van der Waals surface area contributed by atoms with E-state index in [1.807, 2.05) is 13.8 Å². The maximum Gasteiger partial charge on any atom is 0.0929 e. The zero-order valence-corrected chi connectivity index (χ0v) is 10.4. The third kappa shape index (κ3) is 3.74. The van der Waals surface area contributed by atoms with Crippen LogP contribution in [0.15, 0.2) is 0 Å². The highest BCUT2D eigenvalue weighted by atomic mass is 16.5. The molecule has 2 unspecified atom stereocenters. The summed E-state index contributed by atoms with van der Waals surface area (Å²) in [5, 5.41) is 10.4. The number of rotatable bonds is 4. The van der Waals surface area contributed by atoms with Gasteiger partial charge in [-0.3, -0.25) is 0 Å². The van der Waals surface area contributed by atoms with Gasteiger partial charge in [0.25, 0.3) is 0 Å². The first-order chi connectivity index (χ1) is 6.89. The van der Waals surface area contributed by atoms with Gasteiger partial charge in [-0.1, -0.05) is 6.92 Å². The fourth-order valence-corrected chi connectivity index (χ4v) is 1.99. The van der Waals surface area contributed by atoms with Gasteiger partial charge in [0.15, 0.2) is 0 Å². The Hall–Kier alpha value is -0.120. The molecule has 0 radical (unpaired) electrons. The molecule has 1 aliphatic rings. The van der Waals surface area contributed by atoms with Crippen LogP contribution in [-0.4, -0.2) is 35.6 Å². The summed E-state index contributed by atoms with van der Waals surface area (Å²) in [7, 11) is 0. The summed E-state index contributed by atoms with van der Waals surface area (Å²) >= 11 is 0. The Morgan fingerprint density at radius 2 is 2.13 bits per heavy atom. The summed E-state index contributed by atoms with van der Waals surface area (Å²) in [4.78, 5) is 0. The molecule has 1 heterocycles. The van der Waals surface area contributed by atoms with Crippen molar-refractivity contribution in [3.63, 3.8) is 0 Å². The zero-order valence-electron chi connectivity index (χ0n) is 10.4. The molecule has 1 rings (SSSR count). The molecule has 0 aromatic rings. The van der Waals surface area contributed by atoms with Crippen molar-refractivity contribution in [3.8, 4) is 0 Å². The van der Waals surface area contributed by atoms with Crippen molar-refractivity contribution in [1.29, 1.82) is 0 Å². The number of hydrogen-bond acceptors (Lipinski definition) is 3. The van der Waals surface area contributed by atoms with Gasteiger partial charge in [-0.05, 0) is 27.2 Å². The van der Waals surface area contributed by atoms with Crippen molar-refractivity contribution < 1.29 is 14.6 Å². The first-order valence-corrected chi connectivity index (χ1v) is 5.87. The van der Waals surface area contributed by atoms with Crippen LogP contribution in [0.4, 0.5) is 0 Å². The van der Waals surface area contributed by atoms with Crippen LogP contribution in [-0.2, 0) is 9.47 Å². The molecule has 15 heavy (non-hydrogen) atoms. The molecule has 1 aliphatic heterocycles. The molecule has 0 aromatic carbocycles. The maximum atomic E-state index is 10.4. The van der Waals surface area contributed by atoms with E-state index in [0.717, 1.165) is 6.42 Å². The van der Waals surface area contributed by atoms with Crippen molar-refractivity contribution >= 4 is 0 Å². The van der Waals surface area contributed by atoms with Gasteiger partial charge in [0.1, 0.15) is 0 Å². The van der Waals surface area contributed by atoms with E-state index < -0.39 is 5.60 Å². The number of ether oxygens (including phenoxy) is 2. The Kier molecular flexibility index (Phi) is 4.15. The minimum Gasteiger partial charge on any atom is -0.387 e. The lowest BCUT2D eigenvalue weighted by Crippen LogP contribution is -2.50. The molecule has 0 spiro atoms. The van der Waals surface area contributed by atoms with Crippen LogP contribution in [0, 0.1) is 0 Å². The smallest absolute Gasteiger partial charge is 0.0929 e. The average molecular weight is 216 g/mol. The molecule has 90 valence electrons. The number of aliphatic hydroxyl groups is 1. The van der Waals surface area contributed by atoms with E-state index in [1.54, 1.807) is 0 Å². The van der Waals surface area contributed by atoms with E-state index >= 15 is 0 Å². The van der Waals surface area contributed by atoms with Crippen molar-refractivity contribution in [2.75, 3.05) is 13.2 Å². The van der Waals surface area contributed by atoms with Crippen LogP contribution in [0.25, 0.3) is 0 Å². The molecule has 3 heteroatoms. The highest BCUT2D eigenvalue weighted by Gasteiger charge is 2.41. The molecule has 0 aromatic heterocycles. The van der Waals surface area contributed by atoms with E-state index in [2.05, 4.69) is 13.8 Å². The molecular weight excluding hydrogens is 192 g/mol. The van der Waals surface area contributed by atoms with Crippen molar-refractivity contribution in [2.24, 2.45) is 0 Å². The Morgan fingerprint density at radius 3 is 2.67 bits per heavy atom. The lowest BCUT2D eigenvalue weighted by molar-refractivity contribution is -0.178. The van der Waals surface area contributed by atoms with Crippen molar-refractivity contribution in [1.82, 2.24) is 0 Å². The average Bonchev–Trinajstić information content (AvgIpc) is 2.15. The van der Waals surface area contributed by atoms with Gasteiger partial charge in [-0.25, -0.2) is 0 Å². The topological polar surface area (TPSA) is 38.7 Å². The fourth-order valence-electron chi connectivity index (χ4n) is 1.99. The van der Waals surface area contributed by atoms with Crippen LogP contribution in [0.2, 0.25) is 0 Å². The summed E-state index contributed by atoms with van der Waals surface area (Å²) in [6, 6.07) is 0. The van der Waals surface area contributed by atoms with Gasteiger partial charge in [-0.2, -0.15) is 0 Å². The minimum absolute atomic E-state index is 0.171. The van der Waals surface area contributed by atoms with E-state index in [0.29, 0.717) is 26.1 Å². The summed E-state index contributed by atoms with van der Waals surface area (Å²) < 4.78 is 11.2. The Labute approximate surface area is 92.8 Å². The lowest BCUT2D eigenvalue weighted by Gasteiger charge is -2.43. The molecule has 0 amide bonds. The van der Waals surface area contributed by atoms with Gasteiger partial charge in [0.2, 0.25) is 0 Å². The van der Waals surface area contributed by atoms with Gasteiger partial charge in [0, 0.05) is 12.8 Å². The minimum atomic E-state index is -0.701. The molecule has 0 saturated carbocycles. The predicted molar refractivity (Wildman–Crippen MR) is 59.9 cm³/mol. The van der Waals surface area contributed by atoms with Crippen LogP contribution in [0.3, 0.4) is 0 Å². The normalized spacial score (nSPS) is 37.2. The van der Waals surface area contributed by atoms with E-state index in [-0.39, 0.29) is 11.7 Å². The second-order valence-electron chi connectivity index (χ2n) is 5.16. The molecule has 1 fully saturated rings. The molecular formula is C12H24O3. The summed E-state index contributed by atoms with van der Waals surface area (Å²) in [5.41, 5.74) is -0.888. The molecule has 0 bridgehead atoms. The third-order valence-corrected chi connectivity index (χ3v) is 3.15. The van der Waals surface area contributed by atoms with E-state index in [9.17, 15) is 5.11 Å². The Morgan fingerprint density at radius 1 is 1.47 bits per heavy atom. The molecule has 1 saturated heterocycles. The van der Waals surface area contributed by atoms with E-state index in [4.69, 9.17) is 9.47 Å². The monoisotopic (exact) mass is 216 g/mol. The SMILES string of the molecule is CCC1(C)CC(O)(COC(C)C)CCO1. The molecule has 2 atom stereocenters. The summed E-state index contributed by atoms with van der Waals surface area (Å²) in [5.74, 6) is 0. The standard InChI is InChI=1S/C12H24O3/c1-5-11(4)8-12(13,6-7-15-11)9-14-10(2)3/h10,13H,5-9H2,1-4H3. The first kappa shape index (κ1) is 12.9. The van der Waals surface area contributed by atoms with Crippen LogP contribution >= 0.6 is 0 Å². The van der Waals surface area contributed by atoms with Crippen molar-refractivity contribution in [2.45, 2.75) is 64.3 Å². The zero-order chi connectivity index (χ0) is 11.5.